The van der Waals surface area contributed by atoms with E-state index < -0.39 is 0 Å². The zero-order chi connectivity index (χ0) is 15.2. The van der Waals surface area contributed by atoms with Crippen LogP contribution in [0.25, 0.3) is 11.3 Å². The molecule has 0 fully saturated rings. The molecule has 0 saturated carbocycles. The summed E-state index contributed by atoms with van der Waals surface area (Å²) in [5.41, 5.74) is 8.20. The van der Waals surface area contributed by atoms with Crippen LogP contribution in [-0.4, -0.2) is 4.98 Å². The molecule has 1 heteroatoms. The average molecular weight is 279 g/mol. The predicted octanol–water partition coefficient (Wildman–Crippen LogP) is 5.54. The summed E-state index contributed by atoms with van der Waals surface area (Å²) < 4.78 is 0. The monoisotopic (exact) mass is 279 g/mol. The number of aromatic nitrogens is 1. The van der Waals surface area contributed by atoms with Gasteiger partial charge in [-0.15, -0.1) is 0 Å². The molecule has 1 aliphatic carbocycles. The lowest BCUT2D eigenvalue weighted by molar-refractivity contribution is 0.401. The normalized spacial score (nSPS) is 20.1. The molecule has 110 valence electrons. The van der Waals surface area contributed by atoms with E-state index in [9.17, 15) is 0 Å². The van der Waals surface area contributed by atoms with Crippen LogP contribution in [0, 0.1) is 13.8 Å². The van der Waals surface area contributed by atoms with Crippen molar-refractivity contribution in [2.24, 2.45) is 0 Å². The van der Waals surface area contributed by atoms with Crippen LogP contribution in [0.3, 0.4) is 0 Å². The quantitative estimate of drug-likeness (QED) is 0.668. The van der Waals surface area contributed by atoms with Crippen LogP contribution in [0.5, 0.6) is 0 Å². The molecule has 0 bridgehead atoms. The van der Waals surface area contributed by atoms with Crippen LogP contribution in [0.2, 0.25) is 0 Å². The Labute approximate surface area is 128 Å². The second-order valence-corrected chi connectivity index (χ2v) is 7.30. The van der Waals surface area contributed by atoms with Crippen LogP contribution in [0.15, 0.2) is 30.5 Å². The van der Waals surface area contributed by atoms with Crippen LogP contribution >= 0.6 is 0 Å². The maximum Gasteiger partial charge on any atom is 0.0707 e. The SMILES string of the molecule is Cc1ccc(-c2cc3c(cn2)C(C)(C)CCC3C)c(C)c1. The van der Waals surface area contributed by atoms with Crippen molar-refractivity contribution in [3.05, 3.63) is 52.7 Å². The molecule has 0 spiro atoms. The maximum atomic E-state index is 4.78. The molecule has 1 aromatic carbocycles. The van der Waals surface area contributed by atoms with Crippen molar-refractivity contribution < 1.29 is 0 Å². The molecule has 21 heavy (non-hydrogen) atoms. The zero-order valence-electron chi connectivity index (χ0n) is 13.8. The van der Waals surface area contributed by atoms with Gasteiger partial charge in [-0.05, 0) is 60.8 Å². The molecule has 2 aromatic rings. The van der Waals surface area contributed by atoms with Gasteiger partial charge in [0, 0.05) is 11.8 Å². The third kappa shape index (κ3) is 2.50. The minimum Gasteiger partial charge on any atom is -0.256 e. The second-order valence-electron chi connectivity index (χ2n) is 7.30. The van der Waals surface area contributed by atoms with E-state index in [0.717, 1.165) is 5.69 Å². The number of hydrogen-bond acceptors (Lipinski definition) is 1. The van der Waals surface area contributed by atoms with Crippen molar-refractivity contribution in [1.82, 2.24) is 4.98 Å². The van der Waals surface area contributed by atoms with Gasteiger partial charge in [0.2, 0.25) is 0 Å². The number of aryl methyl sites for hydroxylation is 2. The summed E-state index contributed by atoms with van der Waals surface area (Å²) in [6.07, 6.45) is 4.65. The van der Waals surface area contributed by atoms with Gasteiger partial charge in [0.1, 0.15) is 0 Å². The van der Waals surface area contributed by atoms with Crippen molar-refractivity contribution in [2.75, 3.05) is 0 Å². The van der Waals surface area contributed by atoms with Gasteiger partial charge >= 0.3 is 0 Å². The highest BCUT2D eigenvalue weighted by Gasteiger charge is 2.31. The van der Waals surface area contributed by atoms with Crippen LogP contribution in [0.1, 0.15) is 61.8 Å². The molecular weight excluding hydrogens is 254 g/mol. The van der Waals surface area contributed by atoms with Crippen molar-refractivity contribution in [2.45, 2.75) is 58.8 Å². The fraction of sp³-hybridized carbons (Fsp3) is 0.450. The lowest BCUT2D eigenvalue weighted by Gasteiger charge is -2.35. The van der Waals surface area contributed by atoms with Crippen LogP contribution < -0.4 is 0 Å². The van der Waals surface area contributed by atoms with E-state index in [4.69, 9.17) is 4.98 Å². The number of pyridine rings is 1. The summed E-state index contributed by atoms with van der Waals surface area (Å²) in [6.45, 7) is 11.4. The van der Waals surface area contributed by atoms with Crippen molar-refractivity contribution in [1.29, 1.82) is 0 Å². The molecule has 0 N–H and O–H groups in total. The minimum absolute atomic E-state index is 0.260. The van der Waals surface area contributed by atoms with E-state index in [1.807, 2.05) is 0 Å². The number of benzene rings is 1. The van der Waals surface area contributed by atoms with E-state index >= 15 is 0 Å². The fourth-order valence-electron chi connectivity index (χ4n) is 3.56. The maximum absolute atomic E-state index is 4.78. The Morgan fingerprint density at radius 3 is 2.62 bits per heavy atom. The minimum atomic E-state index is 0.260. The Kier molecular flexibility index (Phi) is 3.39. The Morgan fingerprint density at radius 2 is 1.90 bits per heavy atom. The standard InChI is InChI=1S/C20H25N/c1-13-6-7-16(15(3)10-13)19-11-17-14(2)8-9-20(4,5)18(17)12-21-19/h6-7,10-12,14H,8-9H2,1-5H3. The topological polar surface area (TPSA) is 12.9 Å². The van der Waals surface area contributed by atoms with E-state index in [-0.39, 0.29) is 5.41 Å². The number of hydrogen-bond donors (Lipinski definition) is 0. The fourth-order valence-corrected chi connectivity index (χ4v) is 3.56. The molecule has 0 radical (unpaired) electrons. The molecule has 0 aliphatic heterocycles. The average Bonchev–Trinajstić information content (AvgIpc) is 2.43. The van der Waals surface area contributed by atoms with E-state index in [1.165, 1.54) is 40.7 Å². The van der Waals surface area contributed by atoms with Gasteiger partial charge in [-0.25, -0.2) is 0 Å². The largest absolute Gasteiger partial charge is 0.256 e. The molecule has 1 unspecified atom stereocenters. The van der Waals surface area contributed by atoms with Gasteiger partial charge in [0.05, 0.1) is 5.69 Å². The van der Waals surface area contributed by atoms with Crippen LogP contribution in [-0.2, 0) is 5.41 Å². The van der Waals surface area contributed by atoms with Crippen LogP contribution in [0.4, 0.5) is 0 Å². The second kappa shape index (κ2) is 4.98. The molecule has 0 amide bonds. The number of fused-ring (bicyclic) bond motifs is 1. The zero-order valence-corrected chi connectivity index (χ0v) is 13.8. The first kappa shape index (κ1) is 14.3. The predicted molar refractivity (Wildman–Crippen MR) is 89.8 cm³/mol. The lowest BCUT2D eigenvalue weighted by Crippen LogP contribution is -2.25. The van der Waals surface area contributed by atoms with Gasteiger partial charge in [-0.1, -0.05) is 44.5 Å². The molecule has 1 atom stereocenters. The van der Waals surface area contributed by atoms with Gasteiger partial charge in [0.25, 0.3) is 0 Å². The summed E-state index contributed by atoms with van der Waals surface area (Å²) in [4.78, 5) is 4.78. The third-order valence-electron chi connectivity index (χ3n) is 5.06. The van der Waals surface area contributed by atoms with E-state index in [2.05, 4.69) is 65.1 Å². The summed E-state index contributed by atoms with van der Waals surface area (Å²) in [5, 5.41) is 0. The van der Waals surface area contributed by atoms with Gasteiger partial charge in [-0.2, -0.15) is 0 Å². The number of nitrogens with zero attached hydrogens (tertiary/aromatic N) is 1. The Hall–Kier alpha value is -1.63. The van der Waals surface area contributed by atoms with E-state index in [1.54, 1.807) is 0 Å². The van der Waals surface area contributed by atoms with Crippen molar-refractivity contribution >= 4 is 0 Å². The smallest absolute Gasteiger partial charge is 0.0707 e. The molecule has 1 nitrogen and oxygen atoms in total. The van der Waals surface area contributed by atoms with Crippen molar-refractivity contribution in [3.8, 4) is 11.3 Å². The van der Waals surface area contributed by atoms with Crippen molar-refractivity contribution in [3.63, 3.8) is 0 Å². The van der Waals surface area contributed by atoms with E-state index in [0.29, 0.717) is 5.92 Å². The Morgan fingerprint density at radius 1 is 1.14 bits per heavy atom. The third-order valence-corrected chi connectivity index (χ3v) is 5.06. The highest BCUT2D eigenvalue weighted by atomic mass is 14.7. The summed E-state index contributed by atoms with van der Waals surface area (Å²) >= 11 is 0. The Balaban J connectivity index is 2.13. The lowest BCUT2D eigenvalue weighted by atomic mass is 9.70. The molecule has 1 heterocycles. The number of rotatable bonds is 1. The molecular formula is C20H25N. The first-order valence-electron chi connectivity index (χ1n) is 7.96. The Bertz CT molecular complexity index is 682. The first-order valence-corrected chi connectivity index (χ1v) is 7.96. The van der Waals surface area contributed by atoms with Gasteiger partial charge in [-0.3, -0.25) is 4.98 Å². The molecule has 1 aliphatic rings. The molecule has 0 saturated heterocycles. The molecule has 1 aromatic heterocycles. The first-order chi connectivity index (χ1) is 9.88. The summed E-state index contributed by atoms with van der Waals surface area (Å²) in [5.74, 6) is 0.639. The summed E-state index contributed by atoms with van der Waals surface area (Å²) in [6, 6.07) is 8.96. The summed E-state index contributed by atoms with van der Waals surface area (Å²) in [7, 11) is 0. The van der Waals surface area contributed by atoms with Gasteiger partial charge in [0.15, 0.2) is 0 Å². The van der Waals surface area contributed by atoms with Gasteiger partial charge < -0.3 is 0 Å². The highest BCUT2D eigenvalue weighted by molar-refractivity contribution is 5.65. The molecule has 3 rings (SSSR count). The highest BCUT2D eigenvalue weighted by Crippen LogP contribution is 2.43.